The quantitative estimate of drug-likeness (QED) is 0.827. The zero-order chi connectivity index (χ0) is 18.8. The molecule has 2 atom stereocenters. The third-order valence-electron chi connectivity index (χ3n) is 5.20. The van der Waals surface area contributed by atoms with Gasteiger partial charge in [-0.3, -0.25) is 14.8 Å². The number of halogens is 1. The summed E-state index contributed by atoms with van der Waals surface area (Å²) in [7, 11) is 0. The number of carbonyl (C=O) groups is 1. The second kappa shape index (κ2) is 7.66. The van der Waals surface area contributed by atoms with Crippen molar-refractivity contribution in [2.24, 2.45) is 0 Å². The molecule has 2 fully saturated rings. The fraction of sp³-hybridized carbons (Fsp3) is 0.474. The monoisotopic (exact) mass is 374 g/mol. The number of amides is 1. The van der Waals surface area contributed by atoms with E-state index in [0.29, 0.717) is 30.2 Å². The summed E-state index contributed by atoms with van der Waals surface area (Å²) >= 11 is 0. The van der Waals surface area contributed by atoms with Gasteiger partial charge in [-0.2, -0.15) is 5.10 Å². The summed E-state index contributed by atoms with van der Waals surface area (Å²) in [6.07, 6.45) is 1.76. The van der Waals surface area contributed by atoms with Crippen molar-refractivity contribution in [3.8, 4) is 5.75 Å². The number of aromatic amines is 1. The number of aliphatic hydroxyl groups excluding tert-OH is 1. The van der Waals surface area contributed by atoms with Crippen molar-refractivity contribution in [2.75, 3.05) is 26.2 Å². The van der Waals surface area contributed by atoms with Crippen LogP contribution in [0.2, 0.25) is 0 Å². The second-order valence-electron chi connectivity index (χ2n) is 7.11. The van der Waals surface area contributed by atoms with E-state index < -0.39 is 6.10 Å². The van der Waals surface area contributed by atoms with Crippen LogP contribution in [0.5, 0.6) is 5.75 Å². The first kappa shape index (κ1) is 17.9. The van der Waals surface area contributed by atoms with Crippen molar-refractivity contribution >= 4 is 5.91 Å². The fourth-order valence-corrected chi connectivity index (χ4v) is 3.79. The van der Waals surface area contributed by atoms with Gasteiger partial charge >= 0.3 is 0 Å². The van der Waals surface area contributed by atoms with Crippen LogP contribution in [0.15, 0.2) is 30.3 Å². The molecule has 4 rings (SSSR count). The van der Waals surface area contributed by atoms with Gasteiger partial charge in [-0.05, 0) is 44.1 Å². The molecule has 0 saturated carbocycles. The molecule has 0 aliphatic carbocycles. The molecule has 2 aliphatic heterocycles. The van der Waals surface area contributed by atoms with Gasteiger partial charge in [-0.1, -0.05) is 6.07 Å². The summed E-state index contributed by atoms with van der Waals surface area (Å²) in [4.78, 5) is 16.6. The SMILES string of the molecule is O=C(c1cc(COc2cccc(F)c2)[nH]n1)N1C[C@H](O)[C@@H](N2CCCC2)C1. The van der Waals surface area contributed by atoms with Crippen LogP contribution in [-0.2, 0) is 6.61 Å². The highest BCUT2D eigenvalue weighted by atomic mass is 19.1. The van der Waals surface area contributed by atoms with Crippen molar-refractivity contribution in [3.63, 3.8) is 0 Å². The smallest absolute Gasteiger partial charge is 0.274 e. The molecular formula is C19H23FN4O3. The number of ether oxygens (including phenoxy) is 1. The minimum absolute atomic E-state index is 0.00572. The van der Waals surface area contributed by atoms with Gasteiger partial charge in [0.1, 0.15) is 18.2 Å². The Hall–Kier alpha value is -2.45. The minimum Gasteiger partial charge on any atom is -0.487 e. The van der Waals surface area contributed by atoms with Crippen molar-refractivity contribution in [1.82, 2.24) is 20.0 Å². The first-order chi connectivity index (χ1) is 13.1. The van der Waals surface area contributed by atoms with Crippen LogP contribution in [0.1, 0.15) is 29.0 Å². The zero-order valence-electron chi connectivity index (χ0n) is 15.0. The maximum Gasteiger partial charge on any atom is 0.274 e. The lowest BCUT2D eigenvalue weighted by molar-refractivity contribution is 0.0757. The number of hydrogen-bond acceptors (Lipinski definition) is 5. The summed E-state index contributed by atoms with van der Waals surface area (Å²) in [5, 5.41) is 17.2. The molecule has 2 aromatic rings. The van der Waals surface area contributed by atoms with Gasteiger partial charge in [0.2, 0.25) is 0 Å². The normalized spacial score (nSPS) is 23.1. The molecule has 1 aromatic heterocycles. The van der Waals surface area contributed by atoms with Crippen LogP contribution in [0.4, 0.5) is 4.39 Å². The van der Waals surface area contributed by atoms with Crippen LogP contribution in [-0.4, -0.2) is 69.3 Å². The van der Waals surface area contributed by atoms with Crippen LogP contribution >= 0.6 is 0 Å². The number of aromatic nitrogens is 2. The largest absolute Gasteiger partial charge is 0.487 e. The Bertz CT molecular complexity index is 806. The number of H-pyrrole nitrogens is 1. The van der Waals surface area contributed by atoms with Crippen LogP contribution in [0.25, 0.3) is 0 Å². The van der Waals surface area contributed by atoms with Gasteiger partial charge in [0, 0.05) is 19.2 Å². The highest BCUT2D eigenvalue weighted by molar-refractivity contribution is 5.92. The van der Waals surface area contributed by atoms with Gasteiger partial charge in [-0.25, -0.2) is 4.39 Å². The summed E-state index contributed by atoms with van der Waals surface area (Å²) in [6.45, 7) is 2.95. The first-order valence-corrected chi connectivity index (χ1v) is 9.24. The predicted molar refractivity (Wildman–Crippen MR) is 95.8 cm³/mol. The average molecular weight is 374 g/mol. The Morgan fingerprint density at radius 1 is 1.30 bits per heavy atom. The zero-order valence-corrected chi connectivity index (χ0v) is 15.0. The first-order valence-electron chi connectivity index (χ1n) is 9.24. The third kappa shape index (κ3) is 3.96. The molecular weight excluding hydrogens is 351 g/mol. The summed E-state index contributed by atoms with van der Waals surface area (Å²) in [6, 6.07) is 7.52. The van der Waals surface area contributed by atoms with E-state index in [2.05, 4.69) is 15.1 Å². The molecule has 2 saturated heterocycles. The average Bonchev–Trinajstić information content (AvgIpc) is 3.40. The molecule has 8 heteroatoms. The summed E-state index contributed by atoms with van der Waals surface area (Å²) in [5.74, 6) is -0.161. The molecule has 27 heavy (non-hydrogen) atoms. The number of hydrogen-bond donors (Lipinski definition) is 2. The Labute approximate surface area is 156 Å². The van der Waals surface area contributed by atoms with E-state index in [0.717, 1.165) is 25.9 Å². The molecule has 0 radical (unpaired) electrons. The molecule has 2 N–H and O–H groups in total. The number of nitrogens with one attached hydrogen (secondary N) is 1. The molecule has 7 nitrogen and oxygen atoms in total. The number of carbonyl (C=O) groups excluding carboxylic acids is 1. The highest BCUT2D eigenvalue weighted by Gasteiger charge is 2.39. The van der Waals surface area contributed by atoms with Crippen molar-refractivity contribution in [2.45, 2.75) is 31.6 Å². The van der Waals surface area contributed by atoms with Gasteiger partial charge in [0.15, 0.2) is 5.69 Å². The van der Waals surface area contributed by atoms with Crippen molar-refractivity contribution < 1.29 is 19.0 Å². The van der Waals surface area contributed by atoms with E-state index in [9.17, 15) is 14.3 Å². The molecule has 3 heterocycles. The van der Waals surface area contributed by atoms with Gasteiger partial charge in [0.25, 0.3) is 5.91 Å². The highest BCUT2D eigenvalue weighted by Crippen LogP contribution is 2.22. The molecule has 0 bridgehead atoms. The molecule has 144 valence electrons. The third-order valence-corrected chi connectivity index (χ3v) is 5.20. The molecule has 0 unspecified atom stereocenters. The molecule has 0 spiro atoms. The lowest BCUT2D eigenvalue weighted by atomic mass is 10.2. The van der Waals surface area contributed by atoms with Crippen LogP contribution in [0.3, 0.4) is 0 Å². The number of benzene rings is 1. The molecule has 1 aromatic carbocycles. The predicted octanol–water partition coefficient (Wildman–Crippen LogP) is 1.41. The Kier molecular flexibility index (Phi) is 5.09. The van der Waals surface area contributed by atoms with E-state index in [1.54, 1.807) is 23.1 Å². The fourth-order valence-electron chi connectivity index (χ4n) is 3.79. The van der Waals surface area contributed by atoms with Crippen molar-refractivity contribution in [1.29, 1.82) is 0 Å². The maximum atomic E-state index is 13.2. The molecule has 2 aliphatic rings. The minimum atomic E-state index is -0.526. The van der Waals surface area contributed by atoms with Crippen molar-refractivity contribution in [3.05, 3.63) is 47.5 Å². The Balaban J connectivity index is 1.36. The Morgan fingerprint density at radius 2 is 2.11 bits per heavy atom. The summed E-state index contributed by atoms with van der Waals surface area (Å²) < 4.78 is 18.7. The molecule has 1 amide bonds. The lowest BCUT2D eigenvalue weighted by Gasteiger charge is -2.25. The number of nitrogens with zero attached hydrogens (tertiary/aromatic N) is 3. The summed E-state index contributed by atoms with van der Waals surface area (Å²) in [5.41, 5.74) is 0.917. The van der Waals surface area contributed by atoms with Crippen LogP contribution < -0.4 is 4.74 Å². The van der Waals surface area contributed by atoms with E-state index in [1.165, 1.54) is 12.1 Å². The van der Waals surface area contributed by atoms with E-state index >= 15 is 0 Å². The van der Waals surface area contributed by atoms with E-state index in [1.807, 2.05) is 0 Å². The van der Waals surface area contributed by atoms with Crippen LogP contribution in [0, 0.1) is 5.82 Å². The topological polar surface area (TPSA) is 81.7 Å². The number of β-amino-alcohol motifs (C(OH)–C–C–N with tert-alkyl or cyclic N) is 1. The number of rotatable bonds is 5. The second-order valence-corrected chi connectivity index (χ2v) is 7.11. The van der Waals surface area contributed by atoms with Gasteiger partial charge < -0.3 is 14.7 Å². The van der Waals surface area contributed by atoms with Gasteiger partial charge in [0.05, 0.1) is 17.8 Å². The number of aliphatic hydroxyl groups is 1. The van der Waals surface area contributed by atoms with E-state index in [4.69, 9.17) is 4.74 Å². The maximum absolute atomic E-state index is 13.2. The lowest BCUT2D eigenvalue weighted by Crippen LogP contribution is -2.41. The Morgan fingerprint density at radius 3 is 2.89 bits per heavy atom. The van der Waals surface area contributed by atoms with E-state index in [-0.39, 0.29) is 24.4 Å². The number of likely N-dealkylation sites (tertiary alicyclic amines) is 2. The van der Waals surface area contributed by atoms with Gasteiger partial charge in [-0.15, -0.1) is 0 Å². The standard InChI is InChI=1S/C19H23FN4O3/c20-13-4-3-5-15(8-13)27-12-14-9-16(22-21-14)19(26)24-10-17(18(25)11-24)23-6-1-2-7-23/h3-5,8-9,17-18,25H,1-2,6-7,10-12H2,(H,21,22)/t17-,18-/m0/s1.